The van der Waals surface area contributed by atoms with E-state index in [4.69, 9.17) is 16.7 Å². The highest BCUT2D eigenvalue weighted by atomic mass is 35.5. The summed E-state index contributed by atoms with van der Waals surface area (Å²) < 4.78 is 38.7. The van der Waals surface area contributed by atoms with Gasteiger partial charge in [-0.25, -0.2) is 4.79 Å². The topological polar surface area (TPSA) is 82.5 Å². The highest BCUT2D eigenvalue weighted by molar-refractivity contribution is 6.31. The maximum Gasteiger partial charge on any atom is 0.394 e. The van der Waals surface area contributed by atoms with Crippen LogP contribution >= 0.6 is 11.6 Å². The molecule has 2 amide bonds. The molecule has 2 heterocycles. The molecule has 1 aromatic rings. The molecule has 0 spiro atoms. The number of carbonyl (C=O) groups excluding carboxylic acids is 1. The molecule has 0 aliphatic carbocycles. The molecule has 0 radical (unpaired) electrons. The van der Waals surface area contributed by atoms with E-state index in [2.05, 4.69) is 10.3 Å². The summed E-state index contributed by atoms with van der Waals surface area (Å²) in [5.41, 5.74) is 0.765. The van der Waals surface area contributed by atoms with Gasteiger partial charge in [-0.1, -0.05) is 11.6 Å². The van der Waals surface area contributed by atoms with E-state index in [9.17, 15) is 22.8 Å². The van der Waals surface area contributed by atoms with Gasteiger partial charge >= 0.3 is 18.2 Å². The number of halogens is 4. The minimum absolute atomic E-state index is 0.254. The summed E-state index contributed by atoms with van der Waals surface area (Å²) in [6.45, 7) is 0.389. The van der Waals surface area contributed by atoms with Crippen molar-refractivity contribution in [2.45, 2.75) is 13.1 Å². The van der Waals surface area contributed by atoms with E-state index in [1.807, 2.05) is 0 Å². The van der Waals surface area contributed by atoms with E-state index in [0.717, 1.165) is 4.90 Å². The lowest BCUT2D eigenvalue weighted by atomic mass is 9.96. The van der Waals surface area contributed by atoms with Gasteiger partial charge in [0.05, 0.1) is 28.7 Å². The Bertz CT molecular complexity index is 639. The lowest BCUT2D eigenvalue weighted by molar-refractivity contribution is -0.187. The zero-order chi connectivity index (χ0) is 17.4. The van der Waals surface area contributed by atoms with Gasteiger partial charge in [0.15, 0.2) is 0 Å². The van der Waals surface area contributed by atoms with Crippen LogP contribution in [0.4, 0.5) is 23.7 Å². The van der Waals surface area contributed by atoms with E-state index >= 15 is 0 Å². The molecule has 1 aliphatic heterocycles. The predicted octanol–water partition coefficient (Wildman–Crippen LogP) is 2.77. The average molecular weight is 352 g/mol. The molecule has 0 aromatic carbocycles. The third kappa shape index (κ3) is 3.66. The number of aromatic nitrogens is 1. The Hall–Kier alpha value is -2.03. The standard InChI is InChI=1S/C13H13ClF3N3O3/c1-6-9(14)2-18-3-10(6)19-12(23)20-4-7(11(21)22)8(5-20)13(15,16)17/h2-3,7-8H,4-5H2,1H3,(H,19,23)(H,21,22)/t7-,8-/m1/s1. The largest absolute Gasteiger partial charge is 0.481 e. The lowest BCUT2D eigenvalue weighted by Crippen LogP contribution is -2.35. The van der Waals surface area contributed by atoms with Crippen LogP contribution in [0.3, 0.4) is 0 Å². The Morgan fingerprint density at radius 2 is 2.04 bits per heavy atom. The molecule has 2 atom stereocenters. The Balaban J connectivity index is 2.15. The Morgan fingerprint density at radius 1 is 1.39 bits per heavy atom. The van der Waals surface area contributed by atoms with Crippen LogP contribution in [0.25, 0.3) is 0 Å². The van der Waals surface area contributed by atoms with Crippen LogP contribution in [0.15, 0.2) is 12.4 Å². The highest BCUT2D eigenvalue weighted by Crippen LogP contribution is 2.38. The van der Waals surface area contributed by atoms with Crippen molar-refractivity contribution in [3.05, 3.63) is 23.0 Å². The molecule has 1 fully saturated rings. The van der Waals surface area contributed by atoms with Crippen LogP contribution in [0.5, 0.6) is 0 Å². The van der Waals surface area contributed by atoms with Crippen LogP contribution in [-0.2, 0) is 4.79 Å². The first kappa shape index (κ1) is 17.3. The second-order valence-corrected chi connectivity index (χ2v) is 5.63. The monoisotopic (exact) mass is 351 g/mol. The van der Waals surface area contributed by atoms with Gasteiger partial charge in [0.25, 0.3) is 0 Å². The fourth-order valence-corrected chi connectivity index (χ4v) is 2.53. The number of alkyl halides is 3. The van der Waals surface area contributed by atoms with Crippen molar-refractivity contribution in [3.63, 3.8) is 0 Å². The molecule has 6 nitrogen and oxygen atoms in total. The number of nitrogens with one attached hydrogen (secondary N) is 1. The number of carboxylic acid groups (broad SMARTS) is 1. The normalized spacial score (nSPS) is 21.3. The van der Waals surface area contributed by atoms with Crippen LogP contribution in [0.1, 0.15) is 5.56 Å². The molecule has 2 N–H and O–H groups in total. The Kier molecular flexibility index (Phi) is 4.69. The van der Waals surface area contributed by atoms with Gasteiger partial charge in [-0.05, 0) is 12.5 Å². The molecule has 0 unspecified atom stereocenters. The van der Waals surface area contributed by atoms with Crippen molar-refractivity contribution in [2.24, 2.45) is 11.8 Å². The number of amides is 2. The van der Waals surface area contributed by atoms with Crippen molar-refractivity contribution in [1.29, 1.82) is 0 Å². The van der Waals surface area contributed by atoms with E-state index in [1.165, 1.54) is 12.4 Å². The summed E-state index contributed by atoms with van der Waals surface area (Å²) in [4.78, 5) is 27.7. The first-order valence-electron chi connectivity index (χ1n) is 6.56. The summed E-state index contributed by atoms with van der Waals surface area (Å²) in [6.07, 6.45) is -2.01. The Morgan fingerprint density at radius 3 is 2.57 bits per heavy atom. The number of rotatable bonds is 2. The molecule has 0 bridgehead atoms. The first-order chi connectivity index (χ1) is 10.6. The molecule has 0 saturated carbocycles. The zero-order valence-corrected chi connectivity index (χ0v) is 12.6. The summed E-state index contributed by atoms with van der Waals surface area (Å²) in [5.74, 6) is -5.35. The SMILES string of the molecule is Cc1c(Cl)cncc1NC(=O)N1C[C@@H](C(F)(F)F)[C@H](C(=O)O)C1. The maximum atomic E-state index is 12.9. The predicted molar refractivity (Wildman–Crippen MR) is 75.2 cm³/mol. The molecular formula is C13H13ClF3N3O3. The third-order valence-corrected chi connectivity index (χ3v) is 4.12. The number of carboxylic acids is 1. The fraction of sp³-hybridized carbons (Fsp3) is 0.462. The molecule has 1 aliphatic rings. The minimum Gasteiger partial charge on any atom is -0.481 e. The minimum atomic E-state index is -4.69. The van der Waals surface area contributed by atoms with Crippen molar-refractivity contribution < 1.29 is 27.9 Å². The summed E-state index contributed by atoms with van der Waals surface area (Å²) in [5, 5.41) is 11.6. The van der Waals surface area contributed by atoms with Gasteiger partial charge in [-0.15, -0.1) is 0 Å². The first-order valence-corrected chi connectivity index (χ1v) is 6.94. The van der Waals surface area contributed by atoms with Crippen molar-refractivity contribution in [2.75, 3.05) is 18.4 Å². The molecule has 10 heteroatoms. The number of pyridine rings is 1. The fourth-order valence-electron chi connectivity index (χ4n) is 2.37. The number of hydrogen-bond acceptors (Lipinski definition) is 3. The quantitative estimate of drug-likeness (QED) is 0.858. The number of likely N-dealkylation sites (tertiary alicyclic amines) is 1. The number of nitrogens with zero attached hydrogens (tertiary/aromatic N) is 2. The number of carbonyl (C=O) groups is 2. The number of anilines is 1. The molecule has 1 saturated heterocycles. The molecular weight excluding hydrogens is 339 g/mol. The number of urea groups is 1. The van der Waals surface area contributed by atoms with E-state index in [1.54, 1.807) is 6.92 Å². The van der Waals surface area contributed by atoms with Crippen LogP contribution in [-0.4, -0.2) is 46.3 Å². The van der Waals surface area contributed by atoms with Gasteiger partial charge in [-0.3, -0.25) is 9.78 Å². The van der Waals surface area contributed by atoms with Crippen LogP contribution < -0.4 is 5.32 Å². The van der Waals surface area contributed by atoms with Crippen LogP contribution in [0.2, 0.25) is 5.02 Å². The summed E-state index contributed by atoms with van der Waals surface area (Å²) >= 11 is 5.85. The van der Waals surface area contributed by atoms with Crippen molar-refractivity contribution >= 4 is 29.3 Å². The van der Waals surface area contributed by atoms with Gasteiger partial charge in [0, 0.05) is 19.3 Å². The summed E-state index contributed by atoms with van der Waals surface area (Å²) in [7, 11) is 0. The number of aliphatic carboxylic acids is 1. The molecule has 23 heavy (non-hydrogen) atoms. The van der Waals surface area contributed by atoms with Crippen molar-refractivity contribution in [1.82, 2.24) is 9.88 Å². The maximum absolute atomic E-state index is 12.9. The third-order valence-electron chi connectivity index (χ3n) is 3.74. The van der Waals surface area contributed by atoms with Gasteiger partial charge < -0.3 is 15.3 Å². The second-order valence-electron chi connectivity index (χ2n) is 5.22. The van der Waals surface area contributed by atoms with Gasteiger partial charge in [0.1, 0.15) is 0 Å². The van der Waals surface area contributed by atoms with Crippen LogP contribution in [0, 0.1) is 18.8 Å². The number of hydrogen-bond donors (Lipinski definition) is 2. The van der Waals surface area contributed by atoms with E-state index in [0.29, 0.717) is 10.6 Å². The molecule has 2 rings (SSSR count). The second kappa shape index (κ2) is 6.23. The smallest absolute Gasteiger partial charge is 0.394 e. The summed E-state index contributed by atoms with van der Waals surface area (Å²) in [6, 6.07) is -0.824. The lowest BCUT2D eigenvalue weighted by Gasteiger charge is -2.19. The van der Waals surface area contributed by atoms with Gasteiger partial charge in [0.2, 0.25) is 0 Å². The highest BCUT2D eigenvalue weighted by Gasteiger charge is 2.53. The zero-order valence-electron chi connectivity index (χ0n) is 11.9. The Labute approximate surface area is 134 Å². The average Bonchev–Trinajstić information content (AvgIpc) is 2.89. The van der Waals surface area contributed by atoms with Crippen molar-refractivity contribution in [3.8, 4) is 0 Å². The molecule has 126 valence electrons. The van der Waals surface area contributed by atoms with E-state index < -0.39 is 43.1 Å². The van der Waals surface area contributed by atoms with Gasteiger partial charge in [-0.2, -0.15) is 13.2 Å². The molecule has 1 aromatic heterocycles. The van der Waals surface area contributed by atoms with E-state index in [-0.39, 0.29) is 5.69 Å².